The van der Waals surface area contributed by atoms with Gasteiger partial charge >= 0.3 is 0 Å². The molecule has 0 aliphatic carbocycles. The van der Waals surface area contributed by atoms with Crippen LogP contribution < -0.4 is 11.1 Å². The van der Waals surface area contributed by atoms with E-state index in [1.54, 1.807) is 7.11 Å². The zero-order valence-electron chi connectivity index (χ0n) is 11.7. The summed E-state index contributed by atoms with van der Waals surface area (Å²) in [7, 11) is 1.62. The Hall–Kier alpha value is -1.59. The van der Waals surface area contributed by atoms with E-state index >= 15 is 0 Å². The van der Waals surface area contributed by atoms with Crippen LogP contribution in [0.1, 0.15) is 12.5 Å². The molecule has 0 saturated heterocycles. The Balaban J connectivity index is 2.43. The molecule has 106 valence electrons. The van der Waals surface area contributed by atoms with E-state index in [-0.39, 0.29) is 5.91 Å². The first-order chi connectivity index (χ1) is 9.15. The third-order valence-electron chi connectivity index (χ3n) is 2.80. The summed E-state index contributed by atoms with van der Waals surface area (Å²) < 4.78 is 4.89. The van der Waals surface area contributed by atoms with Crippen LogP contribution in [0.4, 0.5) is 5.69 Å². The van der Waals surface area contributed by atoms with Crippen LogP contribution in [0.25, 0.3) is 0 Å². The number of hydrogen-bond donors (Lipinski definition) is 2. The highest BCUT2D eigenvalue weighted by Gasteiger charge is 2.09. The maximum Gasteiger partial charge on any atom is 0.234 e. The zero-order chi connectivity index (χ0) is 14.1. The Morgan fingerprint density at radius 1 is 1.47 bits per heavy atom. The van der Waals surface area contributed by atoms with E-state index in [2.05, 4.69) is 10.2 Å². The van der Waals surface area contributed by atoms with Crippen LogP contribution in [-0.4, -0.2) is 44.2 Å². The maximum absolute atomic E-state index is 11.7. The highest BCUT2D eigenvalue weighted by molar-refractivity contribution is 5.77. The third-order valence-corrected chi connectivity index (χ3v) is 2.80. The number of hydrogen-bond acceptors (Lipinski definition) is 4. The number of ether oxygens (including phenoxy) is 1. The molecule has 0 unspecified atom stereocenters. The average Bonchev–Trinajstić information content (AvgIpc) is 2.38. The molecule has 0 heterocycles. The summed E-state index contributed by atoms with van der Waals surface area (Å²) in [6, 6.07) is 7.74. The number of carbonyl (C=O) groups is 1. The summed E-state index contributed by atoms with van der Waals surface area (Å²) >= 11 is 0. The number of anilines is 1. The topological polar surface area (TPSA) is 67.6 Å². The molecule has 1 amide bonds. The largest absolute Gasteiger partial charge is 0.399 e. The van der Waals surface area contributed by atoms with Crippen LogP contribution in [-0.2, 0) is 16.1 Å². The number of benzene rings is 1. The van der Waals surface area contributed by atoms with Gasteiger partial charge in [-0.2, -0.15) is 0 Å². The normalized spacial score (nSPS) is 10.7. The third kappa shape index (κ3) is 6.22. The second-order valence-electron chi connectivity index (χ2n) is 4.39. The lowest BCUT2D eigenvalue weighted by atomic mass is 10.2. The molecule has 3 N–H and O–H groups in total. The van der Waals surface area contributed by atoms with E-state index in [4.69, 9.17) is 10.5 Å². The van der Waals surface area contributed by atoms with Crippen LogP contribution in [0.5, 0.6) is 0 Å². The molecule has 5 nitrogen and oxygen atoms in total. The van der Waals surface area contributed by atoms with Crippen molar-refractivity contribution in [3.8, 4) is 0 Å². The van der Waals surface area contributed by atoms with Gasteiger partial charge in [0, 0.05) is 25.9 Å². The van der Waals surface area contributed by atoms with Crippen molar-refractivity contribution >= 4 is 11.6 Å². The Kier molecular flexibility index (Phi) is 6.92. The van der Waals surface area contributed by atoms with Crippen molar-refractivity contribution in [2.75, 3.05) is 39.1 Å². The van der Waals surface area contributed by atoms with Gasteiger partial charge in [0.25, 0.3) is 0 Å². The summed E-state index contributed by atoms with van der Waals surface area (Å²) in [5.74, 6) is 0.0165. The van der Waals surface area contributed by atoms with Gasteiger partial charge in [0.15, 0.2) is 0 Å². The molecule has 0 aliphatic rings. The Morgan fingerprint density at radius 3 is 2.89 bits per heavy atom. The molecule has 0 aliphatic heterocycles. The van der Waals surface area contributed by atoms with Crippen molar-refractivity contribution in [3.05, 3.63) is 29.8 Å². The first-order valence-corrected chi connectivity index (χ1v) is 6.48. The average molecular weight is 265 g/mol. The summed E-state index contributed by atoms with van der Waals surface area (Å²) in [6.07, 6.45) is 0. The number of nitrogens with one attached hydrogen (secondary N) is 1. The number of nitrogens with zero attached hydrogens (tertiary/aromatic N) is 1. The molecule has 5 heteroatoms. The first kappa shape index (κ1) is 15.5. The Morgan fingerprint density at radius 2 is 2.26 bits per heavy atom. The number of rotatable bonds is 8. The van der Waals surface area contributed by atoms with Crippen LogP contribution in [0, 0.1) is 0 Å². The second-order valence-corrected chi connectivity index (χ2v) is 4.39. The van der Waals surface area contributed by atoms with Crippen molar-refractivity contribution < 1.29 is 9.53 Å². The molecule has 0 atom stereocenters. The number of nitrogens with two attached hydrogens (primary N) is 1. The van der Waals surface area contributed by atoms with Crippen LogP contribution in [0.2, 0.25) is 0 Å². The van der Waals surface area contributed by atoms with Crippen molar-refractivity contribution in [2.24, 2.45) is 0 Å². The van der Waals surface area contributed by atoms with E-state index in [1.165, 1.54) is 0 Å². The van der Waals surface area contributed by atoms with Crippen LogP contribution >= 0.6 is 0 Å². The lowest BCUT2D eigenvalue weighted by Gasteiger charge is -2.20. The summed E-state index contributed by atoms with van der Waals surface area (Å²) in [5, 5.41) is 2.82. The van der Waals surface area contributed by atoms with E-state index in [9.17, 15) is 4.79 Å². The quantitative estimate of drug-likeness (QED) is 0.540. The Bertz CT molecular complexity index is 396. The minimum Gasteiger partial charge on any atom is -0.399 e. The molecule has 0 aromatic heterocycles. The monoisotopic (exact) mass is 265 g/mol. The van der Waals surface area contributed by atoms with Gasteiger partial charge in [0.05, 0.1) is 13.2 Å². The highest BCUT2D eigenvalue weighted by atomic mass is 16.5. The number of methoxy groups -OCH3 is 1. The maximum atomic E-state index is 11.7. The van der Waals surface area contributed by atoms with Gasteiger partial charge in [0.1, 0.15) is 0 Å². The standard InChI is InChI=1S/C14H23N3O2/c1-3-17(11-14(18)16-7-8-19-2)10-12-5-4-6-13(15)9-12/h4-6,9H,3,7-8,10-11,15H2,1-2H3,(H,16,18). The predicted molar refractivity (Wildman–Crippen MR) is 76.7 cm³/mol. The summed E-state index contributed by atoms with van der Waals surface area (Å²) in [4.78, 5) is 13.8. The first-order valence-electron chi connectivity index (χ1n) is 6.48. The van der Waals surface area contributed by atoms with Gasteiger partial charge in [0.2, 0.25) is 5.91 Å². The molecule has 1 rings (SSSR count). The predicted octanol–water partition coefficient (Wildman–Crippen LogP) is 0.853. The minimum absolute atomic E-state index is 0.0165. The van der Waals surface area contributed by atoms with Gasteiger partial charge in [-0.1, -0.05) is 19.1 Å². The molecular weight excluding hydrogens is 242 g/mol. The molecule has 0 fully saturated rings. The number of carbonyl (C=O) groups excluding carboxylic acids is 1. The van der Waals surface area contributed by atoms with Gasteiger partial charge in [-0.15, -0.1) is 0 Å². The molecule has 0 radical (unpaired) electrons. The molecule has 19 heavy (non-hydrogen) atoms. The van der Waals surface area contributed by atoms with Crippen LogP contribution in [0.15, 0.2) is 24.3 Å². The van der Waals surface area contributed by atoms with E-state index in [1.807, 2.05) is 31.2 Å². The van der Waals surface area contributed by atoms with Crippen molar-refractivity contribution in [1.29, 1.82) is 0 Å². The highest BCUT2D eigenvalue weighted by Crippen LogP contribution is 2.09. The van der Waals surface area contributed by atoms with Gasteiger partial charge in [-0.25, -0.2) is 0 Å². The van der Waals surface area contributed by atoms with E-state index < -0.39 is 0 Å². The van der Waals surface area contributed by atoms with Crippen LogP contribution in [0.3, 0.4) is 0 Å². The smallest absolute Gasteiger partial charge is 0.234 e. The van der Waals surface area contributed by atoms with E-state index in [0.717, 1.165) is 24.3 Å². The fraction of sp³-hybridized carbons (Fsp3) is 0.500. The summed E-state index contributed by atoms with van der Waals surface area (Å²) in [5.41, 5.74) is 7.61. The minimum atomic E-state index is 0.0165. The lowest BCUT2D eigenvalue weighted by molar-refractivity contribution is -0.122. The zero-order valence-corrected chi connectivity index (χ0v) is 11.7. The molecule has 0 bridgehead atoms. The lowest BCUT2D eigenvalue weighted by Crippen LogP contribution is -2.38. The van der Waals surface area contributed by atoms with Gasteiger partial charge < -0.3 is 15.8 Å². The molecule has 0 spiro atoms. The fourth-order valence-electron chi connectivity index (χ4n) is 1.78. The van der Waals surface area contributed by atoms with Gasteiger partial charge in [-0.3, -0.25) is 9.69 Å². The van der Waals surface area contributed by atoms with Gasteiger partial charge in [-0.05, 0) is 24.2 Å². The van der Waals surface area contributed by atoms with Crippen molar-refractivity contribution in [2.45, 2.75) is 13.5 Å². The Labute approximate surface area is 114 Å². The summed E-state index contributed by atoms with van der Waals surface area (Å²) in [6.45, 7) is 5.04. The molecule has 0 saturated carbocycles. The van der Waals surface area contributed by atoms with E-state index in [0.29, 0.717) is 19.7 Å². The van der Waals surface area contributed by atoms with Crippen molar-refractivity contribution in [1.82, 2.24) is 10.2 Å². The number of amides is 1. The second kappa shape index (κ2) is 8.50. The number of likely N-dealkylation sites (N-methyl/N-ethyl adjacent to an activating group) is 1. The fourth-order valence-corrected chi connectivity index (χ4v) is 1.78. The number of nitrogen functional groups attached to an aromatic ring is 1. The van der Waals surface area contributed by atoms with Crippen molar-refractivity contribution in [3.63, 3.8) is 0 Å². The molecular formula is C14H23N3O2. The molecule has 1 aromatic rings. The SMILES string of the molecule is CCN(CC(=O)NCCOC)Cc1cccc(N)c1. The molecule has 1 aromatic carbocycles.